The van der Waals surface area contributed by atoms with E-state index in [1.165, 1.54) is 10.9 Å². The van der Waals surface area contributed by atoms with E-state index in [9.17, 15) is 9.59 Å². The average molecular weight is 385 g/mol. The number of rotatable bonds is 8. The van der Waals surface area contributed by atoms with Crippen molar-refractivity contribution < 1.29 is 14.3 Å². The number of benzene rings is 1. The molecule has 1 aromatic carbocycles. The summed E-state index contributed by atoms with van der Waals surface area (Å²) in [5.74, 6) is 0.00461. The molecule has 0 spiro atoms. The summed E-state index contributed by atoms with van der Waals surface area (Å²) in [6.07, 6.45) is 6.29. The molecule has 1 N–H and O–H groups in total. The summed E-state index contributed by atoms with van der Waals surface area (Å²) in [4.78, 5) is 30.6. The van der Waals surface area contributed by atoms with Gasteiger partial charge in [0, 0.05) is 42.0 Å². The van der Waals surface area contributed by atoms with Crippen molar-refractivity contribution in [2.75, 3.05) is 13.1 Å². The Morgan fingerprint density at radius 1 is 1.32 bits per heavy atom. The lowest BCUT2D eigenvalue weighted by molar-refractivity contribution is -0.151. The predicted octanol–water partition coefficient (Wildman–Crippen LogP) is 4.46. The van der Waals surface area contributed by atoms with Gasteiger partial charge >= 0.3 is 5.97 Å². The van der Waals surface area contributed by atoms with Crippen molar-refractivity contribution >= 4 is 22.8 Å². The highest BCUT2D eigenvalue weighted by Gasteiger charge is 2.42. The molecule has 2 aromatic rings. The number of hydrogen-bond acceptors (Lipinski definition) is 3. The van der Waals surface area contributed by atoms with E-state index < -0.39 is 5.41 Å². The Balaban J connectivity index is 1.64. The lowest BCUT2D eigenvalue weighted by atomic mass is 9.73. The average Bonchev–Trinajstić information content (AvgIpc) is 3.09. The van der Waals surface area contributed by atoms with Gasteiger partial charge in [-0.25, -0.2) is 0 Å². The van der Waals surface area contributed by atoms with Crippen molar-refractivity contribution in [3.05, 3.63) is 36.0 Å². The zero-order valence-electron chi connectivity index (χ0n) is 17.3. The SMILES string of the molecule is CC[C@@]1(CCC(=O)OC(C)C)CCCN(CCc2c[nH]c3ccccc23)C1=O. The third-order valence-electron chi connectivity index (χ3n) is 6.00. The molecule has 0 unspecified atom stereocenters. The normalized spacial score (nSPS) is 20.1. The minimum absolute atomic E-state index is 0.111. The summed E-state index contributed by atoms with van der Waals surface area (Å²) in [5, 5.41) is 1.23. The molecule has 0 radical (unpaired) electrons. The quantitative estimate of drug-likeness (QED) is 0.684. The first kappa shape index (κ1) is 20.4. The summed E-state index contributed by atoms with van der Waals surface area (Å²) >= 11 is 0. The fraction of sp³-hybridized carbons (Fsp3) is 0.565. The number of hydrogen-bond donors (Lipinski definition) is 1. The number of nitrogens with one attached hydrogen (secondary N) is 1. The van der Waals surface area contributed by atoms with Crippen LogP contribution in [0.2, 0.25) is 0 Å². The number of likely N-dealkylation sites (tertiary alicyclic amines) is 1. The Morgan fingerprint density at radius 3 is 2.86 bits per heavy atom. The first-order valence-corrected chi connectivity index (χ1v) is 10.5. The Morgan fingerprint density at radius 2 is 2.11 bits per heavy atom. The van der Waals surface area contributed by atoms with Crippen LogP contribution in [0.4, 0.5) is 0 Å². The molecule has 152 valence electrons. The summed E-state index contributed by atoms with van der Waals surface area (Å²) < 4.78 is 5.26. The van der Waals surface area contributed by atoms with Crippen LogP contribution in [-0.2, 0) is 20.7 Å². The van der Waals surface area contributed by atoms with Crippen LogP contribution < -0.4 is 0 Å². The van der Waals surface area contributed by atoms with Gasteiger partial charge in [-0.15, -0.1) is 0 Å². The third kappa shape index (κ3) is 4.40. The zero-order chi connectivity index (χ0) is 20.1. The topological polar surface area (TPSA) is 62.4 Å². The minimum Gasteiger partial charge on any atom is -0.463 e. The maximum Gasteiger partial charge on any atom is 0.306 e. The highest BCUT2D eigenvalue weighted by molar-refractivity contribution is 5.85. The number of carbonyl (C=O) groups is 2. The second-order valence-corrected chi connectivity index (χ2v) is 8.18. The molecule has 0 bridgehead atoms. The second kappa shape index (κ2) is 8.80. The van der Waals surface area contributed by atoms with Crippen LogP contribution in [0.15, 0.2) is 30.5 Å². The Bertz CT molecular complexity index is 826. The molecule has 1 saturated heterocycles. The molecule has 1 atom stereocenters. The van der Waals surface area contributed by atoms with Gasteiger partial charge in [-0.1, -0.05) is 25.1 Å². The molecule has 28 heavy (non-hydrogen) atoms. The van der Waals surface area contributed by atoms with Crippen molar-refractivity contribution in [1.29, 1.82) is 0 Å². The number of carbonyl (C=O) groups excluding carboxylic acids is 2. The summed E-state index contributed by atoms with van der Waals surface area (Å²) in [6.45, 7) is 7.30. The Hall–Kier alpha value is -2.30. The van der Waals surface area contributed by atoms with E-state index in [0.29, 0.717) is 12.8 Å². The molecule has 1 aromatic heterocycles. The standard InChI is InChI=1S/C23H32N2O3/c1-4-23(13-10-21(26)28-17(2)3)12-7-14-25(22(23)27)15-11-18-16-24-20-9-6-5-8-19(18)20/h5-6,8-9,16-17,24H,4,7,10-15H2,1-3H3/t23-/m0/s1. The van der Waals surface area contributed by atoms with E-state index >= 15 is 0 Å². The van der Waals surface area contributed by atoms with Crippen LogP contribution in [0, 0.1) is 5.41 Å². The van der Waals surface area contributed by atoms with E-state index in [4.69, 9.17) is 4.74 Å². The van der Waals surface area contributed by atoms with Crippen LogP contribution in [-0.4, -0.2) is 41.0 Å². The molecule has 1 fully saturated rings. The maximum absolute atomic E-state index is 13.3. The molecule has 5 heteroatoms. The van der Waals surface area contributed by atoms with Gasteiger partial charge in [-0.05, 0) is 57.6 Å². The molecule has 5 nitrogen and oxygen atoms in total. The molecule has 1 aliphatic heterocycles. The summed E-state index contributed by atoms with van der Waals surface area (Å²) in [6, 6.07) is 8.26. The number of nitrogens with zero attached hydrogens (tertiary/aromatic N) is 1. The maximum atomic E-state index is 13.3. The van der Waals surface area contributed by atoms with Crippen molar-refractivity contribution in [3.8, 4) is 0 Å². The number of fused-ring (bicyclic) bond motifs is 1. The first-order chi connectivity index (χ1) is 13.4. The Kier molecular flexibility index (Phi) is 6.42. The van der Waals surface area contributed by atoms with Crippen molar-refractivity contribution in [1.82, 2.24) is 9.88 Å². The van der Waals surface area contributed by atoms with E-state index in [2.05, 4.69) is 24.0 Å². The predicted molar refractivity (Wildman–Crippen MR) is 111 cm³/mol. The number of esters is 1. The number of para-hydroxylation sites is 1. The molecule has 2 heterocycles. The van der Waals surface area contributed by atoms with Crippen LogP contribution in [0.5, 0.6) is 0 Å². The molecule has 0 saturated carbocycles. The van der Waals surface area contributed by atoms with Crippen LogP contribution in [0.25, 0.3) is 10.9 Å². The van der Waals surface area contributed by atoms with Gasteiger partial charge < -0.3 is 14.6 Å². The fourth-order valence-electron chi connectivity index (χ4n) is 4.36. The fourth-order valence-corrected chi connectivity index (χ4v) is 4.36. The van der Waals surface area contributed by atoms with E-state index in [1.54, 1.807) is 0 Å². The number of ether oxygens (including phenoxy) is 1. The summed E-state index contributed by atoms with van der Waals surface area (Å²) in [5.41, 5.74) is 1.96. The molecule has 3 rings (SSSR count). The summed E-state index contributed by atoms with van der Waals surface area (Å²) in [7, 11) is 0. The number of aromatic nitrogens is 1. The lowest BCUT2D eigenvalue weighted by Gasteiger charge is -2.41. The minimum atomic E-state index is -0.422. The number of amides is 1. The molecule has 1 aliphatic rings. The van der Waals surface area contributed by atoms with Gasteiger partial charge in [0.1, 0.15) is 0 Å². The number of piperidine rings is 1. The third-order valence-corrected chi connectivity index (χ3v) is 6.00. The molecular weight excluding hydrogens is 352 g/mol. The van der Waals surface area contributed by atoms with Gasteiger partial charge in [0.05, 0.1) is 6.10 Å². The zero-order valence-corrected chi connectivity index (χ0v) is 17.3. The Labute approximate surface area is 167 Å². The number of H-pyrrole nitrogens is 1. The van der Waals surface area contributed by atoms with Gasteiger partial charge in [0.25, 0.3) is 0 Å². The van der Waals surface area contributed by atoms with E-state index in [1.807, 2.05) is 37.1 Å². The first-order valence-electron chi connectivity index (χ1n) is 10.5. The van der Waals surface area contributed by atoms with Crippen molar-refractivity contribution in [2.24, 2.45) is 5.41 Å². The van der Waals surface area contributed by atoms with Crippen LogP contribution >= 0.6 is 0 Å². The lowest BCUT2D eigenvalue weighted by Crippen LogP contribution is -2.49. The van der Waals surface area contributed by atoms with Gasteiger partial charge in [0.15, 0.2) is 0 Å². The van der Waals surface area contributed by atoms with Gasteiger partial charge in [-0.3, -0.25) is 9.59 Å². The van der Waals surface area contributed by atoms with Crippen LogP contribution in [0.1, 0.15) is 58.4 Å². The highest BCUT2D eigenvalue weighted by atomic mass is 16.5. The van der Waals surface area contributed by atoms with Gasteiger partial charge in [-0.2, -0.15) is 0 Å². The number of aromatic amines is 1. The molecule has 0 aliphatic carbocycles. The monoisotopic (exact) mass is 384 g/mol. The van der Waals surface area contributed by atoms with Crippen molar-refractivity contribution in [3.63, 3.8) is 0 Å². The van der Waals surface area contributed by atoms with Crippen LogP contribution in [0.3, 0.4) is 0 Å². The highest BCUT2D eigenvalue weighted by Crippen LogP contribution is 2.39. The largest absolute Gasteiger partial charge is 0.463 e. The van der Waals surface area contributed by atoms with Gasteiger partial charge in [0.2, 0.25) is 5.91 Å². The van der Waals surface area contributed by atoms with E-state index in [0.717, 1.165) is 44.3 Å². The van der Waals surface area contributed by atoms with E-state index in [-0.39, 0.29) is 18.0 Å². The second-order valence-electron chi connectivity index (χ2n) is 8.18. The molecule has 1 amide bonds. The molecular formula is C23H32N2O3. The van der Waals surface area contributed by atoms with Crippen molar-refractivity contribution in [2.45, 2.75) is 65.4 Å². The smallest absolute Gasteiger partial charge is 0.306 e.